The van der Waals surface area contributed by atoms with Crippen LogP contribution in [0.15, 0.2) is 22.8 Å². The van der Waals surface area contributed by atoms with Gasteiger partial charge in [0.25, 0.3) is 0 Å². The maximum atomic E-state index is 12.3. The van der Waals surface area contributed by atoms with Gasteiger partial charge in [0, 0.05) is 12.6 Å². The molecule has 90 valence electrons. The van der Waals surface area contributed by atoms with E-state index in [1.54, 1.807) is 13.1 Å². The van der Waals surface area contributed by atoms with Gasteiger partial charge in [0.15, 0.2) is 0 Å². The van der Waals surface area contributed by atoms with Gasteiger partial charge < -0.3 is 5.11 Å². The average Bonchev–Trinajstić information content (AvgIpc) is 2.72. The normalized spacial score (nSPS) is 13.4. The summed E-state index contributed by atoms with van der Waals surface area (Å²) in [6.45, 7) is 0. The zero-order chi connectivity index (χ0) is 13.0. The van der Waals surface area contributed by atoms with Gasteiger partial charge in [-0.05, 0) is 28.1 Å². The Bertz CT molecular complexity index is 718. The lowest BCUT2D eigenvalue weighted by molar-refractivity contribution is 0.0971. The quantitative estimate of drug-likeness (QED) is 0.685. The van der Waals surface area contributed by atoms with Crippen molar-refractivity contribution in [2.24, 2.45) is 7.05 Å². The molecule has 0 atom stereocenters. The molecule has 18 heavy (non-hydrogen) atoms. The van der Waals surface area contributed by atoms with Gasteiger partial charge >= 0.3 is 0 Å². The van der Waals surface area contributed by atoms with Gasteiger partial charge in [-0.1, -0.05) is 0 Å². The number of aryl methyl sites for hydroxylation is 1. The molecule has 0 saturated heterocycles. The van der Waals surface area contributed by atoms with Gasteiger partial charge in [0.05, 0.1) is 21.8 Å². The largest absolute Gasteiger partial charge is 0.506 e. The third-order valence-electron chi connectivity index (χ3n) is 3.00. The summed E-state index contributed by atoms with van der Waals surface area (Å²) < 4.78 is 1.76. The molecule has 0 saturated carbocycles. The summed E-state index contributed by atoms with van der Waals surface area (Å²) in [4.78, 5) is 24.5. The van der Waals surface area contributed by atoms with Crippen molar-refractivity contribution in [1.29, 1.82) is 0 Å². The Balaban J connectivity index is 2.39. The van der Waals surface area contributed by atoms with E-state index < -0.39 is 0 Å². The molecule has 1 aliphatic carbocycles. The minimum Gasteiger partial charge on any atom is -0.506 e. The Morgan fingerprint density at radius 2 is 1.94 bits per heavy atom. The summed E-state index contributed by atoms with van der Waals surface area (Å²) in [6, 6.07) is 3.07. The number of benzene rings is 1. The zero-order valence-electron chi connectivity index (χ0n) is 9.27. The van der Waals surface area contributed by atoms with E-state index in [1.807, 2.05) is 0 Å². The molecule has 1 N–H and O–H groups in total. The fraction of sp³-hybridized carbons (Fsp3) is 0.0833. The van der Waals surface area contributed by atoms with E-state index in [2.05, 4.69) is 21.0 Å². The molecule has 0 fully saturated rings. The predicted octanol–water partition coefficient (Wildman–Crippen LogP) is 1.66. The highest BCUT2D eigenvalue weighted by atomic mass is 79.9. The maximum absolute atomic E-state index is 12.3. The number of aromatic hydroxyl groups is 1. The van der Waals surface area contributed by atoms with Gasteiger partial charge in [-0.3, -0.25) is 14.3 Å². The monoisotopic (exact) mass is 306 g/mol. The summed E-state index contributed by atoms with van der Waals surface area (Å²) in [7, 11) is 1.60. The van der Waals surface area contributed by atoms with Crippen molar-refractivity contribution in [1.82, 2.24) is 9.78 Å². The van der Waals surface area contributed by atoms with Crippen molar-refractivity contribution in [3.63, 3.8) is 0 Å². The van der Waals surface area contributed by atoms with Crippen LogP contribution in [0.4, 0.5) is 0 Å². The maximum Gasteiger partial charge on any atom is 0.212 e. The molecule has 1 heterocycles. The Labute approximate surface area is 110 Å². The Morgan fingerprint density at radius 3 is 2.67 bits per heavy atom. The SMILES string of the molecule is Cn1ncc2c1C(=O)c1ccc(Br)c(O)c1C2=O. The number of fused-ring (bicyclic) bond motifs is 2. The van der Waals surface area contributed by atoms with Crippen molar-refractivity contribution >= 4 is 27.5 Å². The topological polar surface area (TPSA) is 72.2 Å². The number of nitrogens with zero attached hydrogens (tertiary/aromatic N) is 2. The van der Waals surface area contributed by atoms with Crippen LogP contribution in [0, 0.1) is 0 Å². The molecule has 1 aromatic carbocycles. The minimum absolute atomic E-state index is 0.0369. The second-order valence-corrected chi connectivity index (χ2v) is 4.86. The van der Waals surface area contributed by atoms with Crippen LogP contribution in [0.5, 0.6) is 5.75 Å². The standard InChI is InChI=1S/C12H7BrN2O3/c1-15-9-6(4-14-15)10(16)8-5(11(9)17)2-3-7(13)12(8)18/h2-4,18H,1H3. The third-order valence-corrected chi connectivity index (χ3v) is 3.64. The summed E-state index contributed by atoms with van der Waals surface area (Å²) in [5, 5.41) is 13.8. The number of carbonyl (C=O) groups excluding carboxylic acids is 2. The van der Waals surface area contributed by atoms with Crippen LogP contribution in [0.25, 0.3) is 0 Å². The second-order valence-electron chi connectivity index (χ2n) is 4.01. The summed E-state index contributed by atoms with van der Waals surface area (Å²) >= 11 is 3.13. The van der Waals surface area contributed by atoms with Crippen molar-refractivity contribution in [2.75, 3.05) is 0 Å². The van der Waals surface area contributed by atoms with Crippen molar-refractivity contribution < 1.29 is 14.7 Å². The van der Waals surface area contributed by atoms with Crippen LogP contribution >= 0.6 is 15.9 Å². The number of rotatable bonds is 0. The van der Waals surface area contributed by atoms with Crippen molar-refractivity contribution in [3.05, 3.63) is 45.2 Å². The number of hydrogen-bond acceptors (Lipinski definition) is 4. The molecule has 1 aromatic heterocycles. The summed E-state index contributed by atoms with van der Waals surface area (Å²) in [5.74, 6) is -0.894. The first kappa shape index (κ1) is 11.2. The third kappa shape index (κ3) is 1.23. The first-order valence-corrected chi connectivity index (χ1v) is 5.94. The number of carbonyl (C=O) groups is 2. The Morgan fingerprint density at radius 1 is 1.22 bits per heavy atom. The first-order chi connectivity index (χ1) is 8.52. The molecule has 0 amide bonds. The van der Waals surface area contributed by atoms with E-state index in [9.17, 15) is 14.7 Å². The lowest BCUT2D eigenvalue weighted by Crippen LogP contribution is -2.22. The van der Waals surface area contributed by atoms with Gasteiger partial charge in [-0.2, -0.15) is 5.10 Å². The van der Waals surface area contributed by atoms with E-state index >= 15 is 0 Å². The summed E-state index contributed by atoms with van der Waals surface area (Å²) in [5.41, 5.74) is 0.726. The van der Waals surface area contributed by atoms with Crippen LogP contribution in [0.3, 0.4) is 0 Å². The van der Waals surface area contributed by atoms with E-state index in [1.165, 1.54) is 16.9 Å². The minimum atomic E-state index is -0.383. The number of halogens is 1. The van der Waals surface area contributed by atoms with Crippen LogP contribution in [-0.4, -0.2) is 26.5 Å². The molecular weight excluding hydrogens is 300 g/mol. The number of phenolic OH excluding ortho intramolecular Hbond substituents is 1. The molecule has 1 aliphatic rings. The van der Waals surface area contributed by atoms with E-state index in [0.717, 1.165) is 0 Å². The Hall–Kier alpha value is -1.95. The highest BCUT2D eigenvalue weighted by Crippen LogP contribution is 2.36. The van der Waals surface area contributed by atoms with Crippen molar-refractivity contribution in [2.45, 2.75) is 0 Å². The van der Waals surface area contributed by atoms with Gasteiger partial charge in [-0.25, -0.2) is 0 Å². The molecule has 2 aromatic rings. The average molecular weight is 307 g/mol. The molecular formula is C12H7BrN2O3. The predicted molar refractivity (Wildman–Crippen MR) is 65.9 cm³/mol. The van der Waals surface area contributed by atoms with Crippen LogP contribution in [0.2, 0.25) is 0 Å². The second kappa shape index (κ2) is 3.52. The molecule has 5 nitrogen and oxygen atoms in total. The molecule has 0 aliphatic heterocycles. The van der Waals surface area contributed by atoms with Crippen LogP contribution in [0.1, 0.15) is 32.0 Å². The number of phenols is 1. The molecule has 0 bridgehead atoms. The van der Waals surface area contributed by atoms with E-state index in [0.29, 0.717) is 4.47 Å². The van der Waals surface area contributed by atoms with Gasteiger partial charge in [0.1, 0.15) is 11.4 Å². The number of hydrogen-bond donors (Lipinski definition) is 1. The number of ketones is 2. The highest BCUT2D eigenvalue weighted by molar-refractivity contribution is 9.10. The van der Waals surface area contributed by atoms with E-state index in [-0.39, 0.29) is 39.7 Å². The fourth-order valence-corrected chi connectivity index (χ4v) is 2.45. The molecule has 0 spiro atoms. The van der Waals surface area contributed by atoms with Crippen LogP contribution in [-0.2, 0) is 7.05 Å². The van der Waals surface area contributed by atoms with Crippen LogP contribution < -0.4 is 0 Å². The fourth-order valence-electron chi connectivity index (χ4n) is 2.12. The lowest BCUT2D eigenvalue weighted by atomic mass is 9.87. The summed E-state index contributed by atoms with van der Waals surface area (Å²) in [6.07, 6.45) is 1.35. The van der Waals surface area contributed by atoms with Gasteiger partial charge in [-0.15, -0.1) is 0 Å². The van der Waals surface area contributed by atoms with Crippen molar-refractivity contribution in [3.8, 4) is 5.75 Å². The Kier molecular flexibility index (Phi) is 2.18. The van der Waals surface area contributed by atoms with E-state index in [4.69, 9.17) is 0 Å². The number of aromatic nitrogens is 2. The highest BCUT2D eigenvalue weighted by Gasteiger charge is 2.35. The smallest absolute Gasteiger partial charge is 0.212 e. The zero-order valence-corrected chi connectivity index (χ0v) is 10.9. The molecule has 3 rings (SSSR count). The lowest BCUT2D eigenvalue weighted by Gasteiger charge is -2.16. The molecule has 0 radical (unpaired) electrons. The molecule has 0 unspecified atom stereocenters. The molecule has 6 heteroatoms. The van der Waals surface area contributed by atoms with Gasteiger partial charge in [0.2, 0.25) is 11.6 Å². The first-order valence-electron chi connectivity index (χ1n) is 5.15.